The molecule has 23 heavy (non-hydrogen) atoms. The van der Waals surface area contributed by atoms with Gasteiger partial charge in [-0.25, -0.2) is 4.79 Å². The fourth-order valence-corrected chi connectivity index (χ4v) is 3.29. The van der Waals surface area contributed by atoms with Crippen LogP contribution in [0.3, 0.4) is 0 Å². The van der Waals surface area contributed by atoms with Crippen molar-refractivity contribution >= 4 is 18.3 Å². The van der Waals surface area contributed by atoms with Gasteiger partial charge in [0.05, 0.1) is 6.04 Å². The predicted molar refractivity (Wildman–Crippen MR) is 91.7 cm³/mol. The molecule has 3 rings (SSSR count). The summed E-state index contributed by atoms with van der Waals surface area (Å²) < 4.78 is 6.19. The van der Waals surface area contributed by atoms with Crippen molar-refractivity contribution in [2.45, 2.75) is 32.4 Å². The summed E-state index contributed by atoms with van der Waals surface area (Å²) >= 11 is 5.15. The van der Waals surface area contributed by atoms with Crippen molar-refractivity contribution in [1.29, 1.82) is 0 Å². The molecule has 0 spiro atoms. The quantitative estimate of drug-likeness (QED) is 0.842. The zero-order valence-corrected chi connectivity index (χ0v) is 13.9. The molecule has 1 N–H and O–H groups in total. The van der Waals surface area contributed by atoms with Crippen molar-refractivity contribution in [3.8, 4) is 0 Å². The molecule has 2 heterocycles. The van der Waals surface area contributed by atoms with Gasteiger partial charge in [-0.1, -0.05) is 42.5 Å². The zero-order valence-electron chi connectivity index (χ0n) is 13.1. The standard InChI is InChI=1S/C18H20N2O2S/c1-13-10-17(23)19-11-15(13)16-8-5-9-20(16)18(21)22-12-14-6-3-2-4-7-14/h2-4,6-7,10-11,16H,5,8-9,12H2,1H3,(H,19,23)/t16-/m0/s1. The molecule has 5 heteroatoms. The lowest BCUT2D eigenvalue weighted by atomic mass is 10.0. The highest BCUT2D eigenvalue weighted by atomic mass is 32.1. The van der Waals surface area contributed by atoms with Crippen molar-refractivity contribution in [2.75, 3.05) is 6.54 Å². The van der Waals surface area contributed by atoms with E-state index in [1.165, 1.54) is 0 Å². The second-order valence-electron chi connectivity index (χ2n) is 5.83. The normalized spacial score (nSPS) is 17.3. The van der Waals surface area contributed by atoms with Gasteiger partial charge in [0.15, 0.2) is 0 Å². The van der Waals surface area contributed by atoms with E-state index < -0.39 is 0 Å². The fraction of sp³-hybridized carbons (Fsp3) is 0.333. The summed E-state index contributed by atoms with van der Waals surface area (Å²) in [5, 5.41) is 0. The first-order valence-electron chi connectivity index (χ1n) is 7.81. The van der Waals surface area contributed by atoms with Gasteiger partial charge in [0, 0.05) is 12.7 Å². The average Bonchev–Trinajstić information content (AvgIpc) is 3.03. The summed E-state index contributed by atoms with van der Waals surface area (Å²) in [6.45, 7) is 3.07. The minimum absolute atomic E-state index is 0.0603. The lowest BCUT2D eigenvalue weighted by Gasteiger charge is -2.25. The summed E-state index contributed by atoms with van der Waals surface area (Å²) in [4.78, 5) is 17.3. The fourth-order valence-electron chi connectivity index (χ4n) is 3.05. The van der Waals surface area contributed by atoms with E-state index >= 15 is 0 Å². The number of pyridine rings is 1. The molecular formula is C18H20N2O2S. The Balaban J connectivity index is 1.71. The molecule has 0 bridgehead atoms. The lowest BCUT2D eigenvalue weighted by molar-refractivity contribution is 0.0919. The van der Waals surface area contributed by atoms with Crippen LogP contribution in [-0.2, 0) is 11.3 Å². The molecule has 0 saturated carbocycles. The molecule has 120 valence electrons. The highest BCUT2D eigenvalue weighted by Gasteiger charge is 2.32. The van der Waals surface area contributed by atoms with Crippen LogP contribution in [0.1, 0.15) is 35.6 Å². The minimum Gasteiger partial charge on any atom is -0.445 e. The van der Waals surface area contributed by atoms with Crippen molar-refractivity contribution in [2.24, 2.45) is 0 Å². The molecule has 1 aliphatic heterocycles. The molecule has 2 aromatic rings. The number of H-pyrrole nitrogens is 1. The molecule has 4 nitrogen and oxygen atoms in total. The van der Waals surface area contributed by atoms with Crippen LogP contribution < -0.4 is 0 Å². The second-order valence-corrected chi connectivity index (χ2v) is 6.27. The Labute approximate surface area is 141 Å². The van der Waals surface area contributed by atoms with Gasteiger partial charge in [-0.15, -0.1) is 0 Å². The molecule has 0 aliphatic carbocycles. The van der Waals surface area contributed by atoms with E-state index in [4.69, 9.17) is 17.0 Å². The highest BCUT2D eigenvalue weighted by Crippen LogP contribution is 2.33. The van der Waals surface area contributed by atoms with Crippen molar-refractivity contribution in [3.63, 3.8) is 0 Å². The number of aromatic amines is 1. The zero-order chi connectivity index (χ0) is 16.2. The number of likely N-dealkylation sites (tertiary alicyclic amines) is 1. The second kappa shape index (κ2) is 6.96. The Kier molecular flexibility index (Phi) is 4.76. The van der Waals surface area contributed by atoms with Crippen molar-refractivity contribution in [1.82, 2.24) is 9.88 Å². The molecule has 1 aromatic heterocycles. The Morgan fingerprint density at radius 2 is 2.17 bits per heavy atom. The third-order valence-corrected chi connectivity index (χ3v) is 4.46. The highest BCUT2D eigenvalue weighted by molar-refractivity contribution is 7.71. The number of carbonyl (C=O) groups is 1. The number of hydrogen-bond acceptors (Lipinski definition) is 3. The Morgan fingerprint density at radius 1 is 1.39 bits per heavy atom. The number of carbonyl (C=O) groups excluding carboxylic acids is 1. The van der Waals surface area contributed by atoms with Crippen molar-refractivity contribution in [3.05, 3.63) is 63.9 Å². The van der Waals surface area contributed by atoms with Gasteiger partial charge in [-0.3, -0.25) is 0 Å². The number of aromatic nitrogens is 1. The largest absolute Gasteiger partial charge is 0.445 e. The lowest BCUT2D eigenvalue weighted by Crippen LogP contribution is -2.31. The van der Waals surface area contributed by atoms with Gasteiger partial charge < -0.3 is 14.6 Å². The van der Waals surface area contributed by atoms with Gasteiger partial charge in [0.1, 0.15) is 11.2 Å². The maximum atomic E-state index is 12.5. The van der Waals surface area contributed by atoms with Gasteiger partial charge in [-0.05, 0) is 42.5 Å². The van der Waals surface area contributed by atoms with Crippen LogP contribution in [0, 0.1) is 11.6 Å². The van der Waals surface area contributed by atoms with Crippen LogP contribution >= 0.6 is 12.2 Å². The topological polar surface area (TPSA) is 45.3 Å². The number of ether oxygens (including phenoxy) is 1. The smallest absolute Gasteiger partial charge is 0.410 e. The van der Waals surface area contributed by atoms with Crippen molar-refractivity contribution < 1.29 is 9.53 Å². The monoisotopic (exact) mass is 328 g/mol. The van der Waals surface area contributed by atoms with E-state index in [-0.39, 0.29) is 12.1 Å². The summed E-state index contributed by atoms with van der Waals surface area (Å²) in [5.74, 6) is 0. The van der Waals surface area contributed by atoms with Gasteiger partial charge in [0.25, 0.3) is 0 Å². The molecule has 1 aromatic carbocycles. The molecular weight excluding hydrogens is 308 g/mol. The maximum Gasteiger partial charge on any atom is 0.410 e. The van der Waals surface area contributed by atoms with Crippen LogP contribution in [0.5, 0.6) is 0 Å². The summed E-state index contributed by atoms with van der Waals surface area (Å²) in [6.07, 6.45) is 3.61. The molecule has 1 fully saturated rings. The first-order chi connectivity index (χ1) is 11.1. The average molecular weight is 328 g/mol. The summed E-state index contributed by atoms with van der Waals surface area (Å²) in [5.41, 5.74) is 3.23. The molecule has 0 radical (unpaired) electrons. The van der Waals surface area contributed by atoms with Crippen LogP contribution in [0.4, 0.5) is 4.79 Å². The van der Waals surface area contributed by atoms with E-state index in [0.29, 0.717) is 11.2 Å². The Bertz CT molecular complexity index is 742. The number of rotatable bonds is 3. The summed E-state index contributed by atoms with van der Waals surface area (Å²) in [7, 11) is 0. The molecule has 0 unspecified atom stereocenters. The SMILES string of the molecule is Cc1cc(=S)[nH]cc1[C@@H]1CCCN1C(=O)OCc1ccccc1. The number of amides is 1. The Hall–Kier alpha value is -2.14. The molecule has 1 amide bonds. The first kappa shape index (κ1) is 15.7. The predicted octanol–water partition coefficient (Wildman–Crippen LogP) is 4.53. The van der Waals surface area contributed by atoms with E-state index in [1.54, 1.807) is 0 Å². The number of aryl methyl sites for hydroxylation is 1. The number of benzene rings is 1. The van der Waals surface area contributed by atoms with E-state index in [2.05, 4.69) is 4.98 Å². The van der Waals surface area contributed by atoms with Gasteiger partial charge in [-0.2, -0.15) is 0 Å². The summed E-state index contributed by atoms with van der Waals surface area (Å²) in [6, 6.07) is 11.7. The van der Waals surface area contributed by atoms with E-state index in [1.807, 2.05) is 54.4 Å². The van der Waals surface area contributed by atoms with E-state index in [0.717, 1.165) is 36.1 Å². The third kappa shape index (κ3) is 3.62. The molecule has 1 atom stereocenters. The number of nitrogens with one attached hydrogen (secondary N) is 1. The first-order valence-corrected chi connectivity index (χ1v) is 8.22. The molecule has 1 saturated heterocycles. The number of nitrogens with zero attached hydrogens (tertiary/aromatic N) is 1. The van der Waals surface area contributed by atoms with Crippen LogP contribution in [0.2, 0.25) is 0 Å². The van der Waals surface area contributed by atoms with E-state index in [9.17, 15) is 4.79 Å². The third-order valence-electron chi connectivity index (χ3n) is 4.22. The Morgan fingerprint density at radius 3 is 2.91 bits per heavy atom. The molecule has 1 aliphatic rings. The van der Waals surface area contributed by atoms with Gasteiger partial charge in [0.2, 0.25) is 0 Å². The van der Waals surface area contributed by atoms with Gasteiger partial charge >= 0.3 is 6.09 Å². The van der Waals surface area contributed by atoms with Crippen LogP contribution in [0.25, 0.3) is 0 Å². The van der Waals surface area contributed by atoms with Crippen LogP contribution in [0.15, 0.2) is 42.6 Å². The maximum absolute atomic E-state index is 12.5. The minimum atomic E-state index is -0.252. The van der Waals surface area contributed by atoms with Crippen LogP contribution in [-0.4, -0.2) is 22.5 Å². The number of hydrogen-bond donors (Lipinski definition) is 1.